The first kappa shape index (κ1) is 17.2. The Labute approximate surface area is 145 Å². The number of carbonyl (C=O) groups is 2. The molecular weight excluding hydrogens is 298 g/mol. The molecule has 3 nitrogen and oxygen atoms in total. The van der Waals surface area contributed by atoms with Crippen molar-refractivity contribution in [1.82, 2.24) is 5.32 Å². The number of fused-ring (bicyclic) bond motifs is 2. The molecule has 0 aliphatic heterocycles. The van der Waals surface area contributed by atoms with Gasteiger partial charge in [0.2, 0.25) is 5.91 Å². The number of amides is 1. The van der Waals surface area contributed by atoms with E-state index >= 15 is 0 Å². The predicted octanol–water partition coefficient (Wildman–Crippen LogP) is 4.21. The largest absolute Gasteiger partial charge is 0.353 e. The van der Waals surface area contributed by atoms with Gasteiger partial charge in [0.15, 0.2) is 5.78 Å². The van der Waals surface area contributed by atoms with E-state index in [1.54, 1.807) is 0 Å². The number of hydrogen-bond donors (Lipinski definition) is 1. The lowest BCUT2D eigenvalue weighted by Crippen LogP contribution is -2.40. The lowest BCUT2D eigenvalue weighted by molar-refractivity contribution is -0.122. The minimum atomic E-state index is 0.0162. The van der Waals surface area contributed by atoms with Crippen LogP contribution in [0.2, 0.25) is 0 Å². The fraction of sp³-hybridized carbons (Fsp3) is 0.619. The van der Waals surface area contributed by atoms with Crippen LogP contribution in [0.1, 0.15) is 66.9 Å². The number of benzene rings is 1. The average molecular weight is 327 g/mol. The van der Waals surface area contributed by atoms with E-state index in [1.165, 1.54) is 31.2 Å². The highest BCUT2D eigenvalue weighted by Gasteiger charge is 2.42. The standard InChI is InChI=1S/C21H29NO2/c1-13-4-6-18(10-14(13)2)20(23)8-9-21(24)22-15(3)19-12-16-5-7-17(19)11-16/h4,6,10,15-17,19H,5,7-9,11-12H2,1-3H3,(H,22,24). The van der Waals surface area contributed by atoms with Gasteiger partial charge in [-0.1, -0.05) is 18.6 Å². The Morgan fingerprint density at radius 1 is 1.12 bits per heavy atom. The molecule has 2 saturated carbocycles. The molecule has 0 aromatic heterocycles. The van der Waals surface area contributed by atoms with Crippen molar-refractivity contribution in [2.24, 2.45) is 17.8 Å². The van der Waals surface area contributed by atoms with Crippen LogP contribution in [-0.4, -0.2) is 17.7 Å². The number of nitrogens with one attached hydrogen (secondary N) is 1. The van der Waals surface area contributed by atoms with Gasteiger partial charge in [-0.2, -0.15) is 0 Å². The van der Waals surface area contributed by atoms with Crippen LogP contribution in [0.25, 0.3) is 0 Å². The first-order valence-electron chi connectivity index (χ1n) is 9.34. The summed E-state index contributed by atoms with van der Waals surface area (Å²) in [6.45, 7) is 6.18. The summed E-state index contributed by atoms with van der Waals surface area (Å²) in [6.07, 6.45) is 5.92. The van der Waals surface area contributed by atoms with Crippen molar-refractivity contribution in [3.05, 3.63) is 34.9 Å². The van der Waals surface area contributed by atoms with Gasteiger partial charge in [0.1, 0.15) is 0 Å². The number of ketones is 1. The molecule has 4 unspecified atom stereocenters. The maximum Gasteiger partial charge on any atom is 0.220 e. The Balaban J connectivity index is 1.46. The molecular formula is C21H29NO2. The molecule has 1 aromatic rings. The third-order valence-corrected chi connectivity index (χ3v) is 6.23. The highest BCUT2D eigenvalue weighted by molar-refractivity contribution is 5.98. The van der Waals surface area contributed by atoms with Crippen LogP contribution in [0.3, 0.4) is 0 Å². The minimum Gasteiger partial charge on any atom is -0.353 e. The molecule has 4 atom stereocenters. The molecule has 1 amide bonds. The lowest BCUT2D eigenvalue weighted by Gasteiger charge is -2.28. The van der Waals surface area contributed by atoms with Crippen LogP contribution in [0.15, 0.2) is 18.2 Å². The van der Waals surface area contributed by atoms with Gasteiger partial charge in [-0.25, -0.2) is 0 Å². The van der Waals surface area contributed by atoms with E-state index < -0.39 is 0 Å². The van der Waals surface area contributed by atoms with Gasteiger partial charge in [0, 0.05) is 24.4 Å². The number of aryl methyl sites for hydroxylation is 2. The third-order valence-electron chi connectivity index (χ3n) is 6.23. The number of carbonyl (C=O) groups excluding carboxylic acids is 2. The van der Waals surface area contributed by atoms with Crippen LogP contribution in [0.5, 0.6) is 0 Å². The van der Waals surface area contributed by atoms with Gasteiger partial charge in [-0.15, -0.1) is 0 Å². The van der Waals surface area contributed by atoms with Crippen LogP contribution < -0.4 is 5.32 Å². The van der Waals surface area contributed by atoms with Crippen molar-refractivity contribution in [3.63, 3.8) is 0 Å². The number of hydrogen-bond acceptors (Lipinski definition) is 2. The highest BCUT2D eigenvalue weighted by atomic mass is 16.2. The SMILES string of the molecule is Cc1ccc(C(=O)CCC(=O)NC(C)C2CC3CCC2C3)cc1C. The maximum absolute atomic E-state index is 12.3. The predicted molar refractivity (Wildman–Crippen MR) is 96.0 cm³/mol. The van der Waals surface area contributed by atoms with Crippen LogP contribution in [0, 0.1) is 31.6 Å². The van der Waals surface area contributed by atoms with Gasteiger partial charge in [0.25, 0.3) is 0 Å². The van der Waals surface area contributed by atoms with Crippen molar-refractivity contribution in [2.75, 3.05) is 0 Å². The molecule has 3 rings (SSSR count). The van der Waals surface area contributed by atoms with Crippen molar-refractivity contribution >= 4 is 11.7 Å². The first-order chi connectivity index (χ1) is 11.4. The zero-order valence-electron chi connectivity index (χ0n) is 15.1. The van der Waals surface area contributed by atoms with E-state index in [-0.39, 0.29) is 30.6 Å². The molecule has 1 aromatic carbocycles. The second-order valence-corrected chi connectivity index (χ2v) is 7.92. The lowest BCUT2D eigenvalue weighted by atomic mass is 9.84. The molecule has 130 valence electrons. The highest BCUT2D eigenvalue weighted by Crippen LogP contribution is 2.49. The summed E-state index contributed by atoms with van der Waals surface area (Å²) >= 11 is 0. The van der Waals surface area contributed by atoms with Gasteiger partial charge in [-0.3, -0.25) is 9.59 Å². The second-order valence-electron chi connectivity index (χ2n) is 7.92. The van der Waals surface area contributed by atoms with Gasteiger partial charge in [-0.05, 0) is 75.0 Å². The zero-order valence-corrected chi connectivity index (χ0v) is 15.1. The number of rotatable bonds is 6. The minimum absolute atomic E-state index is 0.0162. The van der Waals surface area contributed by atoms with E-state index in [4.69, 9.17) is 0 Å². The van der Waals surface area contributed by atoms with Crippen molar-refractivity contribution < 1.29 is 9.59 Å². The Morgan fingerprint density at radius 2 is 1.92 bits per heavy atom. The van der Waals surface area contributed by atoms with Gasteiger partial charge >= 0.3 is 0 Å². The van der Waals surface area contributed by atoms with Crippen LogP contribution in [0.4, 0.5) is 0 Å². The molecule has 2 aliphatic rings. The van der Waals surface area contributed by atoms with Crippen molar-refractivity contribution in [3.8, 4) is 0 Å². The summed E-state index contributed by atoms with van der Waals surface area (Å²) in [7, 11) is 0. The molecule has 3 heteroatoms. The van der Waals surface area contributed by atoms with E-state index in [1.807, 2.05) is 32.0 Å². The Bertz CT molecular complexity index is 637. The second kappa shape index (κ2) is 7.08. The molecule has 24 heavy (non-hydrogen) atoms. The fourth-order valence-corrected chi connectivity index (χ4v) is 4.63. The van der Waals surface area contributed by atoms with Gasteiger partial charge in [0.05, 0.1) is 0 Å². The summed E-state index contributed by atoms with van der Waals surface area (Å²) < 4.78 is 0. The Kier molecular flexibility index (Phi) is 5.07. The van der Waals surface area contributed by atoms with Crippen LogP contribution in [-0.2, 0) is 4.79 Å². The van der Waals surface area contributed by atoms with Gasteiger partial charge < -0.3 is 5.32 Å². The summed E-state index contributed by atoms with van der Waals surface area (Å²) in [5, 5.41) is 3.14. The molecule has 0 saturated heterocycles. The molecule has 2 fully saturated rings. The Morgan fingerprint density at radius 3 is 2.54 bits per heavy atom. The fourth-order valence-electron chi connectivity index (χ4n) is 4.63. The molecule has 0 spiro atoms. The monoisotopic (exact) mass is 327 g/mol. The maximum atomic E-state index is 12.3. The van der Waals surface area contributed by atoms with Crippen molar-refractivity contribution in [2.45, 2.75) is 65.3 Å². The van der Waals surface area contributed by atoms with E-state index in [2.05, 4.69) is 12.2 Å². The first-order valence-corrected chi connectivity index (χ1v) is 9.34. The third kappa shape index (κ3) is 3.71. The number of Topliss-reactive ketones (excluding diaryl/α,β-unsaturated/α-hetero) is 1. The summed E-state index contributed by atoms with van der Waals surface area (Å²) in [5.74, 6) is 2.42. The smallest absolute Gasteiger partial charge is 0.220 e. The zero-order chi connectivity index (χ0) is 17.3. The Hall–Kier alpha value is -1.64. The molecule has 2 aliphatic carbocycles. The summed E-state index contributed by atoms with van der Waals surface area (Å²) in [4.78, 5) is 24.5. The average Bonchev–Trinajstić information content (AvgIpc) is 3.18. The van der Waals surface area contributed by atoms with Crippen molar-refractivity contribution in [1.29, 1.82) is 0 Å². The molecule has 2 bridgehead atoms. The van der Waals surface area contributed by atoms with E-state index in [9.17, 15) is 9.59 Å². The topological polar surface area (TPSA) is 46.2 Å². The molecule has 1 N–H and O–H groups in total. The summed E-state index contributed by atoms with van der Waals surface area (Å²) in [6, 6.07) is 6.00. The van der Waals surface area contributed by atoms with E-state index in [0.717, 1.165) is 17.4 Å². The van der Waals surface area contributed by atoms with E-state index in [0.29, 0.717) is 11.5 Å². The summed E-state index contributed by atoms with van der Waals surface area (Å²) in [5.41, 5.74) is 3.02. The molecule has 0 heterocycles. The molecule has 0 radical (unpaired) electrons. The normalized spacial score (nSPS) is 26.4. The quantitative estimate of drug-likeness (QED) is 0.796. The van der Waals surface area contributed by atoms with Crippen LogP contribution >= 0.6 is 0 Å².